The first-order valence-electron chi connectivity index (χ1n) is 12.1. The first-order chi connectivity index (χ1) is 18.6. The molecule has 0 heterocycles. The van der Waals surface area contributed by atoms with Gasteiger partial charge in [0.25, 0.3) is 0 Å². The lowest BCUT2D eigenvalue weighted by Crippen LogP contribution is -2.38. The number of hydrogen-bond donors (Lipinski definition) is 1. The fourth-order valence-electron chi connectivity index (χ4n) is 3.50. The molecule has 0 aliphatic carbocycles. The number of carbonyl (C=O) groups is 2. The van der Waals surface area contributed by atoms with Crippen LogP contribution < -0.4 is 14.2 Å². The molecule has 0 bridgehead atoms. The fourth-order valence-corrected chi connectivity index (χ4v) is 3.50. The summed E-state index contributed by atoms with van der Waals surface area (Å²) in [5.74, 6) is -1.02. The van der Waals surface area contributed by atoms with E-state index in [1.54, 1.807) is 24.3 Å². The van der Waals surface area contributed by atoms with Crippen molar-refractivity contribution in [2.45, 2.75) is 25.4 Å². The van der Waals surface area contributed by atoms with Gasteiger partial charge in [0.2, 0.25) is 0 Å². The van der Waals surface area contributed by atoms with Crippen LogP contribution in [0, 0.1) is 5.82 Å². The molecule has 7 nitrogen and oxygen atoms in total. The number of hydrogen-bond acceptors (Lipinski definition) is 5. The topological polar surface area (TPSA) is 85.3 Å². The van der Waals surface area contributed by atoms with Gasteiger partial charge in [-0.15, -0.1) is 0 Å². The molecule has 0 spiro atoms. The summed E-state index contributed by atoms with van der Waals surface area (Å²) in [4.78, 5) is 24.8. The van der Waals surface area contributed by atoms with E-state index in [9.17, 15) is 27.2 Å². The highest BCUT2D eigenvalue weighted by Crippen LogP contribution is 2.36. The summed E-state index contributed by atoms with van der Waals surface area (Å²) in [7, 11) is 0. The number of carbonyl (C=O) groups excluding carboxylic acids is 1. The first-order valence-corrected chi connectivity index (χ1v) is 12.1. The van der Waals surface area contributed by atoms with Gasteiger partial charge in [0, 0.05) is 13.0 Å². The Kier molecular flexibility index (Phi) is 10.5. The van der Waals surface area contributed by atoms with Crippen molar-refractivity contribution >= 4 is 12.1 Å². The van der Waals surface area contributed by atoms with E-state index in [1.165, 1.54) is 41.3 Å². The van der Waals surface area contributed by atoms with Crippen molar-refractivity contribution in [3.63, 3.8) is 0 Å². The molecule has 0 radical (unpaired) electrons. The predicted octanol–water partition coefficient (Wildman–Crippen LogP) is 6.21. The van der Waals surface area contributed by atoms with Gasteiger partial charge in [-0.05, 0) is 66.9 Å². The van der Waals surface area contributed by atoms with Crippen molar-refractivity contribution < 1.29 is 46.5 Å². The predicted molar refractivity (Wildman–Crippen MR) is 133 cm³/mol. The zero-order valence-electron chi connectivity index (χ0n) is 20.8. The molecule has 0 fully saturated rings. The van der Waals surface area contributed by atoms with Crippen LogP contribution in [0.4, 0.5) is 22.4 Å². The molecule has 3 aromatic carbocycles. The number of carboxylic acid groups (broad SMARTS) is 1. The van der Waals surface area contributed by atoms with E-state index in [0.717, 1.165) is 17.7 Å². The van der Waals surface area contributed by atoms with E-state index in [2.05, 4.69) is 0 Å². The second-order valence-corrected chi connectivity index (χ2v) is 8.39. The summed E-state index contributed by atoms with van der Waals surface area (Å²) in [5.41, 5.74) is -0.253. The Hall–Kier alpha value is -4.28. The van der Waals surface area contributed by atoms with Crippen LogP contribution in [0.5, 0.6) is 17.2 Å². The molecule has 1 amide bonds. The van der Waals surface area contributed by atoms with Crippen LogP contribution >= 0.6 is 0 Å². The first kappa shape index (κ1) is 29.3. The Balaban J connectivity index is 1.60. The average molecular weight is 550 g/mol. The second-order valence-electron chi connectivity index (χ2n) is 8.39. The number of carboxylic acids is 1. The fraction of sp³-hybridized carbons (Fsp3) is 0.286. The maximum absolute atomic E-state index is 13.3. The Labute approximate surface area is 222 Å². The molecule has 3 rings (SSSR count). The minimum absolute atomic E-state index is 0.000380. The third-order valence-corrected chi connectivity index (χ3v) is 5.48. The molecule has 3 aromatic rings. The number of aryl methyl sites for hydroxylation is 1. The third kappa shape index (κ3) is 9.84. The number of aliphatic carboxylic acids is 1. The van der Waals surface area contributed by atoms with Crippen molar-refractivity contribution in [2.75, 3.05) is 26.3 Å². The summed E-state index contributed by atoms with van der Waals surface area (Å²) < 4.78 is 69.4. The van der Waals surface area contributed by atoms with Gasteiger partial charge in [-0.3, -0.25) is 4.79 Å². The summed E-state index contributed by atoms with van der Waals surface area (Å²) >= 11 is 0. The zero-order valence-corrected chi connectivity index (χ0v) is 20.8. The molecule has 0 atom stereocenters. The lowest BCUT2D eigenvalue weighted by Gasteiger charge is -2.23. The van der Waals surface area contributed by atoms with Gasteiger partial charge in [0.05, 0.1) is 18.7 Å². The maximum atomic E-state index is 13.3. The van der Waals surface area contributed by atoms with Gasteiger partial charge in [0.15, 0.2) is 0 Å². The highest BCUT2D eigenvalue weighted by molar-refractivity contribution is 5.71. The van der Waals surface area contributed by atoms with Crippen LogP contribution in [0.3, 0.4) is 0 Å². The third-order valence-electron chi connectivity index (χ3n) is 5.48. The minimum Gasteiger partial charge on any atom is -0.494 e. The molecule has 1 N–H and O–H groups in total. The number of amides is 1. The summed E-state index contributed by atoms with van der Waals surface area (Å²) in [6.07, 6.45) is -5.01. The van der Waals surface area contributed by atoms with Gasteiger partial charge in [-0.2, -0.15) is 13.2 Å². The molecule has 0 unspecified atom stereocenters. The van der Waals surface area contributed by atoms with Crippen LogP contribution in [0.2, 0.25) is 0 Å². The van der Waals surface area contributed by atoms with E-state index >= 15 is 0 Å². The van der Waals surface area contributed by atoms with Crippen molar-refractivity contribution in [1.82, 2.24) is 4.90 Å². The molecule has 0 saturated heterocycles. The van der Waals surface area contributed by atoms with Gasteiger partial charge in [0.1, 0.15) is 29.7 Å². The van der Waals surface area contributed by atoms with Crippen molar-refractivity contribution in [2.24, 2.45) is 0 Å². The zero-order chi connectivity index (χ0) is 28.3. The van der Waals surface area contributed by atoms with E-state index in [0.29, 0.717) is 24.3 Å². The van der Waals surface area contributed by atoms with Gasteiger partial charge >= 0.3 is 18.2 Å². The van der Waals surface area contributed by atoms with E-state index in [1.807, 2.05) is 0 Å². The van der Waals surface area contributed by atoms with Gasteiger partial charge in [-0.1, -0.05) is 24.3 Å². The van der Waals surface area contributed by atoms with E-state index < -0.39 is 35.4 Å². The standard InChI is InChI=1S/C28H27F4NO6/c29-21-9-13-23(14-10-21)37-18-3-16-33(27(36)39-25-5-2-1-4-24(25)28(30,31)32)17-19-38-22-11-6-20(7-12-22)8-15-26(34)35/h1-2,4-7,9-14H,3,8,15-19H2,(H,34,35). The number of benzene rings is 3. The van der Waals surface area contributed by atoms with Gasteiger partial charge < -0.3 is 24.2 Å². The minimum atomic E-state index is -4.70. The Morgan fingerprint density at radius 1 is 0.821 bits per heavy atom. The van der Waals surface area contributed by atoms with Crippen LogP contribution in [-0.4, -0.2) is 48.4 Å². The highest BCUT2D eigenvalue weighted by Gasteiger charge is 2.35. The van der Waals surface area contributed by atoms with E-state index in [-0.39, 0.29) is 32.7 Å². The monoisotopic (exact) mass is 549 g/mol. The molecule has 208 valence electrons. The average Bonchev–Trinajstić information content (AvgIpc) is 2.90. The molecular formula is C28H27F4NO6. The van der Waals surface area contributed by atoms with E-state index in [4.69, 9.17) is 19.3 Å². The normalized spacial score (nSPS) is 11.1. The SMILES string of the molecule is O=C(O)CCc1ccc(OCCN(CCCOc2ccc(F)cc2)C(=O)Oc2ccccc2C(F)(F)F)cc1. The Morgan fingerprint density at radius 2 is 1.44 bits per heavy atom. The number of ether oxygens (including phenoxy) is 3. The molecule has 39 heavy (non-hydrogen) atoms. The highest BCUT2D eigenvalue weighted by atomic mass is 19.4. The lowest BCUT2D eigenvalue weighted by molar-refractivity contribution is -0.139. The Bertz CT molecular complexity index is 1220. The van der Waals surface area contributed by atoms with Crippen molar-refractivity contribution in [3.05, 3.63) is 89.7 Å². The largest absolute Gasteiger partial charge is 0.494 e. The number of para-hydroxylation sites is 1. The molecule has 0 aromatic heterocycles. The number of rotatable bonds is 13. The van der Waals surface area contributed by atoms with Crippen LogP contribution in [-0.2, 0) is 17.4 Å². The second kappa shape index (κ2) is 14.0. The van der Waals surface area contributed by atoms with Gasteiger partial charge in [-0.25, -0.2) is 9.18 Å². The van der Waals surface area contributed by atoms with Crippen LogP contribution in [0.1, 0.15) is 24.0 Å². The smallest absolute Gasteiger partial charge is 0.419 e. The Morgan fingerprint density at radius 3 is 2.08 bits per heavy atom. The number of halogens is 4. The lowest BCUT2D eigenvalue weighted by atomic mass is 10.1. The molecule has 0 aliphatic heterocycles. The quantitative estimate of drug-likeness (QED) is 0.202. The van der Waals surface area contributed by atoms with Crippen molar-refractivity contribution in [1.29, 1.82) is 0 Å². The summed E-state index contributed by atoms with van der Waals surface area (Å²) in [6.45, 7) is 0.270. The molecule has 0 aliphatic rings. The maximum Gasteiger partial charge on any atom is 0.419 e. The summed E-state index contributed by atoms with van der Waals surface area (Å²) in [6, 6.07) is 16.6. The molecular weight excluding hydrogens is 522 g/mol. The summed E-state index contributed by atoms with van der Waals surface area (Å²) in [5, 5.41) is 8.79. The molecule has 11 heteroatoms. The van der Waals surface area contributed by atoms with Crippen LogP contribution in [0.25, 0.3) is 0 Å². The number of nitrogens with zero attached hydrogens (tertiary/aromatic N) is 1. The van der Waals surface area contributed by atoms with Crippen molar-refractivity contribution in [3.8, 4) is 17.2 Å². The molecule has 0 saturated carbocycles. The van der Waals surface area contributed by atoms with Crippen LogP contribution in [0.15, 0.2) is 72.8 Å². The number of alkyl halides is 3.